The van der Waals surface area contributed by atoms with Crippen molar-refractivity contribution in [2.24, 2.45) is 0 Å². The highest BCUT2D eigenvalue weighted by Gasteiger charge is 2.04. The number of aromatic nitrogens is 1. The van der Waals surface area contributed by atoms with E-state index in [9.17, 15) is 4.79 Å². The average Bonchev–Trinajstić information content (AvgIpc) is 2.85. The lowest BCUT2D eigenvalue weighted by atomic mass is 10.1. The van der Waals surface area contributed by atoms with E-state index in [1.807, 2.05) is 12.3 Å². The van der Waals surface area contributed by atoms with Crippen LogP contribution in [0.5, 0.6) is 0 Å². The van der Waals surface area contributed by atoms with Crippen molar-refractivity contribution in [3.63, 3.8) is 0 Å². The lowest BCUT2D eigenvalue weighted by molar-refractivity contribution is -0.107. The molecule has 2 aromatic rings. The quantitative estimate of drug-likeness (QED) is 0.586. The maximum atomic E-state index is 10.3. The lowest BCUT2D eigenvalue weighted by Gasteiger charge is -2.01. The van der Waals surface area contributed by atoms with E-state index < -0.39 is 0 Å². The van der Waals surface area contributed by atoms with Gasteiger partial charge in [0.2, 0.25) is 0 Å². The number of hydrogen-bond donors (Lipinski definition) is 0. The second-order valence-electron chi connectivity index (χ2n) is 4.68. The second kappa shape index (κ2) is 6.43. The SMILES string of the molecule is C=C(C)Cc1ccc(-c2nc(CCC=O)cs2)cc1. The monoisotopic (exact) mass is 271 g/mol. The normalized spacial score (nSPS) is 10.4. The molecule has 0 N–H and O–H groups in total. The van der Waals surface area contributed by atoms with Crippen molar-refractivity contribution in [1.29, 1.82) is 0 Å². The number of carbonyl (C=O) groups excluding carboxylic acids is 1. The second-order valence-corrected chi connectivity index (χ2v) is 5.54. The molecule has 19 heavy (non-hydrogen) atoms. The first-order valence-electron chi connectivity index (χ1n) is 6.31. The Bertz CT molecular complexity index is 569. The largest absolute Gasteiger partial charge is 0.303 e. The number of thiazole rings is 1. The molecule has 0 aliphatic rings. The fourth-order valence-electron chi connectivity index (χ4n) is 1.87. The Morgan fingerprint density at radius 3 is 2.74 bits per heavy atom. The van der Waals surface area contributed by atoms with Crippen LogP contribution in [0.2, 0.25) is 0 Å². The maximum Gasteiger partial charge on any atom is 0.123 e. The minimum absolute atomic E-state index is 0.542. The third kappa shape index (κ3) is 3.86. The highest BCUT2D eigenvalue weighted by molar-refractivity contribution is 7.13. The molecule has 0 aliphatic carbocycles. The predicted octanol–water partition coefficient (Wildman–Crippen LogP) is 4.06. The zero-order valence-corrected chi connectivity index (χ0v) is 11.9. The zero-order chi connectivity index (χ0) is 13.7. The van der Waals surface area contributed by atoms with E-state index in [2.05, 4.69) is 35.8 Å². The van der Waals surface area contributed by atoms with Gasteiger partial charge in [-0.2, -0.15) is 0 Å². The highest BCUT2D eigenvalue weighted by Crippen LogP contribution is 2.24. The first-order chi connectivity index (χ1) is 9.19. The molecule has 0 aliphatic heterocycles. The minimum atomic E-state index is 0.542. The summed E-state index contributed by atoms with van der Waals surface area (Å²) in [6, 6.07) is 8.44. The van der Waals surface area contributed by atoms with E-state index in [0.29, 0.717) is 6.42 Å². The van der Waals surface area contributed by atoms with Crippen LogP contribution in [0.3, 0.4) is 0 Å². The van der Waals surface area contributed by atoms with E-state index in [-0.39, 0.29) is 0 Å². The Labute approximate surface area is 117 Å². The topological polar surface area (TPSA) is 30.0 Å². The molecule has 0 bridgehead atoms. The highest BCUT2D eigenvalue weighted by atomic mass is 32.1. The van der Waals surface area contributed by atoms with E-state index in [1.165, 1.54) is 5.56 Å². The molecule has 3 heteroatoms. The first kappa shape index (κ1) is 13.7. The van der Waals surface area contributed by atoms with Gasteiger partial charge in [-0.15, -0.1) is 11.3 Å². The molecule has 0 saturated carbocycles. The molecule has 2 rings (SSSR count). The van der Waals surface area contributed by atoms with Gasteiger partial charge in [0.1, 0.15) is 11.3 Å². The number of aryl methyl sites for hydroxylation is 1. The molecule has 2 nitrogen and oxygen atoms in total. The van der Waals surface area contributed by atoms with E-state index >= 15 is 0 Å². The number of allylic oxidation sites excluding steroid dienone is 1. The smallest absolute Gasteiger partial charge is 0.123 e. The van der Waals surface area contributed by atoms with Crippen LogP contribution < -0.4 is 0 Å². The summed E-state index contributed by atoms with van der Waals surface area (Å²) in [5.41, 5.74) is 4.57. The summed E-state index contributed by atoms with van der Waals surface area (Å²) < 4.78 is 0. The number of aldehydes is 1. The predicted molar refractivity (Wildman–Crippen MR) is 80.5 cm³/mol. The molecule has 0 radical (unpaired) electrons. The van der Waals surface area contributed by atoms with Crippen LogP contribution in [0.25, 0.3) is 10.6 Å². The molecule has 0 unspecified atom stereocenters. The molecule has 1 aromatic heterocycles. The number of rotatable bonds is 6. The number of carbonyl (C=O) groups is 1. The number of benzene rings is 1. The van der Waals surface area contributed by atoms with Gasteiger partial charge in [0, 0.05) is 17.4 Å². The Morgan fingerprint density at radius 2 is 2.11 bits per heavy atom. The fourth-order valence-corrected chi connectivity index (χ4v) is 2.74. The lowest BCUT2D eigenvalue weighted by Crippen LogP contribution is -1.87. The van der Waals surface area contributed by atoms with Crippen LogP contribution in [-0.2, 0) is 17.6 Å². The Hall–Kier alpha value is -1.74. The van der Waals surface area contributed by atoms with Crippen LogP contribution in [0, 0.1) is 0 Å². The van der Waals surface area contributed by atoms with Crippen LogP contribution in [0.4, 0.5) is 0 Å². The summed E-state index contributed by atoms with van der Waals surface area (Å²) in [7, 11) is 0. The van der Waals surface area contributed by atoms with Crippen molar-refractivity contribution in [2.75, 3.05) is 0 Å². The molecule has 0 atom stereocenters. The molecule has 0 saturated heterocycles. The number of nitrogens with zero attached hydrogens (tertiary/aromatic N) is 1. The Balaban J connectivity index is 2.10. The number of hydrogen-bond acceptors (Lipinski definition) is 3. The van der Waals surface area contributed by atoms with E-state index in [4.69, 9.17) is 0 Å². The molecular formula is C16H17NOS. The summed E-state index contributed by atoms with van der Waals surface area (Å²) in [5.74, 6) is 0. The van der Waals surface area contributed by atoms with Gasteiger partial charge in [-0.3, -0.25) is 0 Å². The van der Waals surface area contributed by atoms with Crippen molar-refractivity contribution >= 4 is 17.6 Å². The van der Waals surface area contributed by atoms with Crippen LogP contribution in [-0.4, -0.2) is 11.3 Å². The van der Waals surface area contributed by atoms with Gasteiger partial charge >= 0.3 is 0 Å². The van der Waals surface area contributed by atoms with E-state index in [0.717, 1.165) is 41.0 Å². The first-order valence-corrected chi connectivity index (χ1v) is 7.18. The molecule has 1 aromatic carbocycles. The molecule has 0 amide bonds. The zero-order valence-electron chi connectivity index (χ0n) is 11.1. The summed E-state index contributed by atoms with van der Waals surface area (Å²) in [6.45, 7) is 5.96. The third-order valence-corrected chi connectivity index (χ3v) is 3.72. The molecule has 0 spiro atoms. The third-order valence-electron chi connectivity index (χ3n) is 2.78. The fraction of sp³-hybridized carbons (Fsp3) is 0.250. The van der Waals surface area contributed by atoms with Gasteiger partial charge in [0.05, 0.1) is 5.69 Å². The summed E-state index contributed by atoms with van der Waals surface area (Å²) in [5, 5.41) is 3.04. The van der Waals surface area contributed by atoms with Gasteiger partial charge in [-0.05, 0) is 25.3 Å². The van der Waals surface area contributed by atoms with Crippen molar-refractivity contribution in [1.82, 2.24) is 4.98 Å². The van der Waals surface area contributed by atoms with Gasteiger partial charge < -0.3 is 4.79 Å². The van der Waals surface area contributed by atoms with Crippen molar-refractivity contribution in [3.8, 4) is 10.6 Å². The summed E-state index contributed by atoms with van der Waals surface area (Å²) in [6.07, 6.45) is 3.13. The van der Waals surface area contributed by atoms with Crippen LogP contribution >= 0.6 is 11.3 Å². The van der Waals surface area contributed by atoms with Gasteiger partial charge in [-0.1, -0.05) is 36.4 Å². The average molecular weight is 271 g/mol. The molecule has 1 heterocycles. The molecular weight excluding hydrogens is 254 g/mol. The molecule has 98 valence electrons. The van der Waals surface area contributed by atoms with Crippen molar-refractivity contribution in [3.05, 3.63) is 53.1 Å². The van der Waals surface area contributed by atoms with E-state index in [1.54, 1.807) is 11.3 Å². The van der Waals surface area contributed by atoms with Crippen molar-refractivity contribution in [2.45, 2.75) is 26.2 Å². The summed E-state index contributed by atoms with van der Waals surface area (Å²) in [4.78, 5) is 14.9. The Morgan fingerprint density at radius 1 is 1.37 bits per heavy atom. The minimum Gasteiger partial charge on any atom is -0.303 e. The van der Waals surface area contributed by atoms with Crippen molar-refractivity contribution < 1.29 is 4.79 Å². The van der Waals surface area contributed by atoms with Gasteiger partial charge in [-0.25, -0.2) is 4.98 Å². The molecule has 0 fully saturated rings. The maximum absolute atomic E-state index is 10.3. The van der Waals surface area contributed by atoms with Crippen LogP contribution in [0.1, 0.15) is 24.6 Å². The van der Waals surface area contributed by atoms with Crippen LogP contribution in [0.15, 0.2) is 41.8 Å². The van der Waals surface area contributed by atoms with Gasteiger partial charge in [0.25, 0.3) is 0 Å². The standard InChI is InChI=1S/C16H17NOS/c1-12(2)10-13-5-7-14(8-6-13)16-17-15(11-19-16)4-3-9-18/h5-9,11H,1,3-4,10H2,2H3. The van der Waals surface area contributed by atoms with Gasteiger partial charge in [0.15, 0.2) is 0 Å². The summed E-state index contributed by atoms with van der Waals surface area (Å²) >= 11 is 1.63. The Kier molecular flexibility index (Phi) is 4.63.